The molecule has 4 heteroatoms. The Morgan fingerprint density at radius 1 is 1.44 bits per heavy atom. The quantitative estimate of drug-likeness (QED) is 0.580. The number of amides is 1. The second kappa shape index (κ2) is 6.75. The molecule has 98 valence electrons. The van der Waals surface area contributed by atoms with E-state index in [-0.39, 0.29) is 5.91 Å². The molecular formula is C14H17ClINO. The summed E-state index contributed by atoms with van der Waals surface area (Å²) in [5, 5.41) is 0. The summed E-state index contributed by atoms with van der Waals surface area (Å²) in [4.78, 5) is 14.4. The highest BCUT2D eigenvalue weighted by molar-refractivity contribution is 14.1. The van der Waals surface area contributed by atoms with Crippen LogP contribution in [0.3, 0.4) is 0 Å². The molecule has 1 aliphatic heterocycles. The fraction of sp³-hybridized carbons (Fsp3) is 0.500. The smallest absolute Gasteiger partial charge is 0.254 e. The molecule has 1 unspecified atom stereocenters. The van der Waals surface area contributed by atoms with Crippen molar-refractivity contribution in [3.8, 4) is 0 Å². The number of carbonyl (C=O) groups is 1. The summed E-state index contributed by atoms with van der Waals surface area (Å²) in [6.45, 7) is 1.74. The summed E-state index contributed by atoms with van der Waals surface area (Å²) in [6.07, 6.45) is 3.30. The molecule has 0 spiro atoms. The van der Waals surface area contributed by atoms with Crippen LogP contribution >= 0.6 is 34.2 Å². The molecule has 18 heavy (non-hydrogen) atoms. The van der Waals surface area contributed by atoms with E-state index in [4.69, 9.17) is 11.6 Å². The van der Waals surface area contributed by atoms with E-state index in [0.29, 0.717) is 11.8 Å². The highest BCUT2D eigenvalue weighted by Crippen LogP contribution is 2.23. The summed E-state index contributed by atoms with van der Waals surface area (Å²) in [5.74, 6) is 1.43. The molecule has 2 rings (SSSR count). The molecule has 0 saturated carbocycles. The van der Waals surface area contributed by atoms with E-state index in [1.54, 1.807) is 0 Å². The summed E-state index contributed by atoms with van der Waals surface area (Å²) in [5.41, 5.74) is 0.824. The largest absolute Gasteiger partial charge is 0.338 e. The molecule has 1 saturated heterocycles. The Hall–Kier alpha value is -0.290. The van der Waals surface area contributed by atoms with Crippen LogP contribution in [0, 0.1) is 9.49 Å². The topological polar surface area (TPSA) is 20.3 Å². The molecule has 1 fully saturated rings. The summed E-state index contributed by atoms with van der Waals surface area (Å²) in [7, 11) is 0. The number of hydrogen-bond donors (Lipinski definition) is 0. The third-order valence-electron chi connectivity index (χ3n) is 3.43. The van der Waals surface area contributed by atoms with Gasteiger partial charge >= 0.3 is 0 Å². The van der Waals surface area contributed by atoms with Gasteiger partial charge in [0.2, 0.25) is 0 Å². The van der Waals surface area contributed by atoms with Gasteiger partial charge in [-0.3, -0.25) is 4.79 Å². The van der Waals surface area contributed by atoms with Gasteiger partial charge in [-0.2, -0.15) is 0 Å². The van der Waals surface area contributed by atoms with E-state index >= 15 is 0 Å². The lowest BCUT2D eigenvalue weighted by Gasteiger charge is -2.32. The van der Waals surface area contributed by atoms with Crippen molar-refractivity contribution < 1.29 is 4.79 Å². The van der Waals surface area contributed by atoms with Gasteiger partial charge in [0.15, 0.2) is 0 Å². The van der Waals surface area contributed by atoms with Gasteiger partial charge in [0.25, 0.3) is 5.91 Å². The molecule has 1 atom stereocenters. The van der Waals surface area contributed by atoms with Crippen molar-refractivity contribution >= 4 is 40.1 Å². The van der Waals surface area contributed by atoms with E-state index in [1.165, 1.54) is 6.42 Å². The van der Waals surface area contributed by atoms with Crippen LogP contribution in [-0.2, 0) is 0 Å². The SMILES string of the molecule is O=C(c1ccccc1I)N1CCCC(CCCl)C1. The molecule has 1 aromatic rings. The van der Waals surface area contributed by atoms with E-state index in [1.807, 2.05) is 29.2 Å². The van der Waals surface area contributed by atoms with Crippen LogP contribution < -0.4 is 0 Å². The fourth-order valence-electron chi connectivity index (χ4n) is 2.44. The van der Waals surface area contributed by atoms with Crippen molar-refractivity contribution in [3.63, 3.8) is 0 Å². The number of piperidine rings is 1. The van der Waals surface area contributed by atoms with Crippen molar-refractivity contribution in [2.24, 2.45) is 5.92 Å². The molecule has 0 radical (unpaired) electrons. The number of carbonyl (C=O) groups excluding carboxylic acids is 1. The average Bonchev–Trinajstić information content (AvgIpc) is 2.39. The molecule has 0 aromatic heterocycles. The number of benzene rings is 1. The van der Waals surface area contributed by atoms with Crippen LogP contribution in [-0.4, -0.2) is 29.8 Å². The standard InChI is InChI=1S/C14H17ClINO/c15-8-7-11-4-3-9-17(10-11)14(18)12-5-1-2-6-13(12)16/h1-2,5-6,11H,3-4,7-10H2. The lowest BCUT2D eigenvalue weighted by atomic mass is 9.95. The van der Waals surface area contributed by atoms with Crippen LogP contribution in [0.1, 0.15) is 29.6 Å². The molecule has 0 bridgehead atoms. The first-order chi connectivity index (χ1) is 8.72. The van der Waals surface area contributed by atoms with Gasteiger partial charge in [-0.25, -0.2) is 0 Å². The zero-order chi connectivity index (χ0) is 13.0. The molecule has 2 nitrogen and oxygen atoms in total. The van der Waals surface area contributed by atoms with Gasteiger partial charge in [0.05, 0.1) is 5.56 Å². The summed E-state index contributed by atoms with van der Waals surface area (Å²) >= 11 is 8.02. The minimum atomic E-state index is 0.166. The Morgan fingerprint density at radius 2 is 2.22 bits per heavy atom. The predicted molar refractivity (Wildman–Crippen MR) is 83.1 cm³/mol. The normalized spacial score (nSPS) is 19.9. The second-order valence-electron chi connectivity index (χ2n) is 4.72. The van der Waals surface area contributed by atoms with Crippen LogP contribution in [0.2, 0.25) is 0 Å². The maximum atomic E-state index is 12.5. The highest BCUT2D eigenvalue weighted by Gasteiger charge is 2.24. The number of nitrogens with zero attached hydrogens (tertiary/aromatic N) is 1. The number of rotatable bonds is 3. The first kappa shape index (κ1) is 14.1. The number of hydrogen-bond acceptors (Lipinski definition) is 1. The molecule has 1 aromatic carbocycles. The van der Waals surface area contributed by atoms with Crippen LogP contribution in [0.15, 0.2) is 24.3 Å². The van der Waals surface area contributed by atoms with E-state index < -0.39 is 0 Å². The van der Waals surface area contributed by atoms with Crippen molar-refractivity contribution in [1.82, 2.24) is 4.90 Å². The minimum absolute atomic E-state index is 0.166. The number of halogens is 2. The monoisotopic (exact) mass is 377 g/mol. The Balaban J connectivity index is 2.07. The fourth-order valence-corrected chi connectivity index (χ4v) is 3.37. The third kappa shape index (κ3) is 3.38. The molecule has 0 aliphatic carbocycles. The summed E-state index contributed by atoms with van der Waals surface area (Å²) < 4.78 is 1.03. The average molecular weight is 378 g/mol. The Labute approximate surface area is 127 Å². The lowest BCUT2D eigenvalue weighted by Crippen LogP contribution is -2.40. The first-order valence-corrected chi connectivity index (χ1v) is 7.93. The van der Waals surface area contributed by atoms with E-state index in [0.717, 1.165) is 35.1 Å². The lowest BCUT2D eigenvalue weighted by molar-refractivity contribution is 0.0670. The Morgan fingerprint density at radius 3 is 2.94 bits per heavy atom. The predicted octanol–water partition coefficient (Wildman–Crippen LogP) is 3.77. The number of likely N-dealkylation sites (tertiary alicyclic amines) is 1. The van der Waals surface area contributed by atoms with Crippen LogP contribution in [0.25, 0.3) is 0 Å². The maximum Gasteiger partial charge on any atom is 0.254 e. The van der Waals surface area contributed by atoms with Crippen molar-refractivity contribution in [1.29, 1.82) is 0 Å². The van der Waals surface area contributed by atoms with Gasteiger partial charge in [0, 0.05) is 22.5 Å². The Bertz CT molecular complexity index is 422. The van der Waals surface area contributed by atoms with Crippen molar-refractivity contribution in [2.75, 3.05) is 19.0 Å². The van der Waals surface area contributed by atoms with Crippen molar-refractivity contribution in [3.05, 3.63) is 33.4 Å². The molecule has 1 aliphatic rings. The Kier molecular flexibility index (Phi) is 5.30. The second-order valence-corrected chi connectivity index (χ2v) is 6.26. The summed E-state index contributed by atoms with van der Waals surface area (Å²) in [6, 6.07) is 7.78. The van der Waals surface area contributed by atoms with Gasteiger partial charge in [-0.05, 0) is 59.9 Å². The van der Waals surface area contributed by atoms with Gasteiger partial charge in [-0.15, -0.1) is 11.6 Å². The van der Waals surface area contributed by atoms with Gasteiger partial charge in [-0.1, -0.05) is 12.1 Å². The highest BCUT2D eigenvalue weighted by atomic mass is 127. The zero-order valence-corrected chi connectivity index (χ0v) is 13.2. The van der Waals surface area contributed by atoms with Crippen molar-refractivity contribution in [2.45, 2.75) is 19.3 Å². The molecular weight excluding hydrogens is 361 g/mol. The minimum Gasteiger partial charge on any atom is -0.338 e. The van der Waals surface area contributed by atoms with Crippen LogP contribution in [0.5, 0.6) is 0 Å². The van der Waals surface area contributed by atoms with Crippen LogP contribution in [0.4, 0.5) is 0 Å². The van der Waals surface area contributed by atoms with Gasteiger partial charge in [0.1, 0.15) is 0 Å². The van der Waals surface area contributed by atoms with Gasteiger partial charge < -0.3 is 4.90 Å². The van der Waals surface area contributed by atoms with E-state index in [9.17, 15) is 4.79 Å². The molecule has 0 N–H and O–H groups in total. The zero-order valence-electron chi connectivity index (χ0n) is 10.2. The molecule has 1 amide bonds. The third-order valence-corrected chi connectivity index (χ3v) is 4.59. The maximum absolute atomic E-state index is 12.5. The van der Waals surface area contributed by atoms with E-state index in [2.05, 4.69) is 22.6 Å². The molecule has 1 heterocycles. The first-order valence-electron chi connectivity index (χ1n) is 6.32. The number of alkyl halides is 1.